The average molecular weight is 293 g/mol. The number of aliphatic carboxylic acids is 1. The van der Waals surface area contributed by atoms with Crippen molar-refractivity contribution in [2.75, 3.05) is 13.2 Å². The minimum Gasteiger partial charge on any atom is -0.481 e. The molecule has 0 radical (unpaired) electrons. The van der Waals surface area contributed by atoms with Crippen LogP contribution in [0.5, 0.6) is 0 Å². The second-order valence-corrected chi connectivity index (χ2v) is 6.18. The van der Waals surface area contributed by atoms with Crippen molar-refractivity contribution in [3.63, 3.8) is 0 Å². The monoisotopic (exact) mass is 293 g/mol. The van der Waals surface area contributed by atoms with Gasteiger partial charge in [0.05, 0.1) is 0 Å². The van der Waals surface area contributed by atoms with Crippen LogP contribution >= 0.6 is 0 Å². The molecule has 1 aromatic heterocycles. The van der Waals surface area contributed by atoms with E-state index in [9.17, 15) is 9.90 Å². The molecule has 116 valence electrons. The highest BCUT2D eigenvalue weighted by atomic mass is 16.5. The van der Waals surface area contributed by atoms with Crippen LogP contribution in [0.15, 0.2) is 0 Å². The quantitative estimate of drug-likeness (QED) is 0.890. The Morgan fingerprint density at radius 3 is 2.57 bits per heavy atom. The van der Waals surface area contributed by atoms with Gasteiger partial charge in [0.15, 0.2) is 5.82 Å². The minimum atomic E-state index is -0.792. The summed E-state index contributed by atoms with van der Waals surface area (Å²) in [6.07, 6.45) is 7.24. The van der Waals surface area contributed by atoms with Crippen molar-refractivity contribution >= 4 is 5.97 Å². The molecule has 1 saturated heterocycles. The maximum Gasteiger partial charge on any atom is 0.314 e. The van der Waals surface area contributed by atoms with Crippen LogP contribution in [0.1, 0.15) is 68.4 Å². The Morgan fingerprint density at radius 1 is 1.19 bits per heavy atom. The van der Waals surface area contributed by atoms with Crippen LogP contribution in [0.25, 0.3) is 0 Å². The number of hydrogen-bond donors (Lipinski definition) is 2. The first kappa shape index (κ1) is 14.5. The number of nitrogens with zero attached hydrogens (tertiary/aromatic N) is 2. The summed E-state index contributed by atoms with van der Waals surface area (Å²) in [5.74, 6) is 0.441. The summed E-state index contributed by atoms with van der Waals surface area (Å²) >= 11 is 0. The molecule has 1 atom stereocenters. The SMILES string of the molecule is O=C(O)C(c1n[nH]c(C2CCOCC2)n1)C1CCCCC1. The number of carboxylic acids is 1. The first-order valence-corrected chi connectivity index (χ1v) is 7.98. The number of aromatic amines is 1. The molecule has 0 amide bonds. The lowest BCUT2D eigenvalue weighted by atomic mass is 9.79. The Morgan fingerprint density at radius 2 is 1.90 bits per heavy atom. The van der Waals surface area contributed by atoms with E-state index in [4.69, 9.17) is 4.74 Å². The average Bonchev–Trinajstić information content (AvgIpc) is 2.98. The minimum absolute atomic E-state index is 0.176. The Kier molecular flexibility index (Phi) is 4.53. The molecule has 2 aliphatic rings. The van der Waals surface area contributed by atoms with E-state index in [0.717, 1.165) is 57.6 Å². The number of carboxylic acid groups (broad SMARTS) is 1. The van der Waals surface area contributed by atoms with E-state index in [1.807, 2.05) is 0 Å². The lowest BCUT2D eigenvalue weighted by molar-refractivity contribution is -0.140. The van der Waals surface area contributed by atoms with Crippen LogP contribution in [0.4, 0.5) is 0 Å². The number of ether oxygens (including phenoxy) is 1. The predicted octanol–water partition coefficient (Wildman–Crippen LogP) is 2.45. The molecule has 0 bridgehead atoms. The van der Waals surface area contributed by atoms with Gasteiger partial charge in [-0.05, 0) is 31.6 Å². The van der Waals surface area contributed by atoms with E-state index in [-0.39, 0.29) is 5.92 Å². The summed E-state index contributed by atoms with van der Waals surface area (Å²) in [6, 6.07) is 0. The topological polar surface area (TPSA) is 88.1 Å². The summed E-state index contributed by atoms with van der Waals surface area (Å²) in [6.45, 7) is 1.48. The van der Waals surface area contributed by atoms with E-state index in [2.05, 4.69) is 15.2 Å². The van der Waals surface area contributed by atoms with Crippen LogP contribution in [0, 0.1) is 5.92 Å². The molecule has 2 N–H and O–H groups in total. The molecule has 6 nitrogen and oxygen atoms in total. The van der Waals surface area contributed by atoms with Gasteiger partial charge in [0.1, 0.15) is 11.7 Å². The second kappa shape index (κ2) is 6.56. The summed E-state index contributed by atoms with van der Waals surface area (Å²) < 4.78 is 5.35. The third-order valence-electron chi connectivity index (χ3n) is 4.79. The lowest BCUT2D eigenvalue weighted by Crippen LogP contribution is -2.25. The van der Waals surface area contributed by atoms with Crippen molar-refractivity contribution in [3.8, 4) is 0 Å². The van der Waals surface area contributed by atoms with Crippen LogP contribution in [-0.2, 0) is 9.53 Å². The maximum atomic E-state index is 11.7. The first-order valence-electron chi connectivity index (χ1n) is 7.98. The van der Waals surface area contributed by atoms with Gasteiger partial charge in [-0.2, -0.15) is 5.10 Å². The number of nitrogens with one attached hydrogen (secondary N) is 1. The first-order chi connectivity index (χ1) is 10.3. The van der Waals surface area contributed by atoms with Crippen molar-refractivity contribution in [2.24, 2.45) is 5.92 Å². The molecular formula is C15H23N3O3. The summed E-state index contributed by atoms with van der Waals surface area (Å²) in [7, 11) is 0. The van der Waals surface area contributed by atoms with Crippen molar-refractivity contribution in [2.45, 2.75) is 56.8 Å². The van der Waals surface area contributed by atoms with Gasteiger partial charge >= 0.3 is 5.97 Å². The zero-order chi connectivity index (χ0) is 14.7. The van der Waals surface area contributed by atoms with Gasteiger partial charge in [0.25, 0.3) is 0 Å². The standard InChI is InChI=1S/C15H23N3O3/c19-15(20)12(10-4-2-1-3-5-10)14-16-13(17-18-14)11-6-8-21-9-7-11/h10-12H,1-9H2,(H,19,20)(H,16,17,18). The molecule has 3 rings (SSSR count). The van der Waals surface area contributed by atoms with Gasteiger partial charge in [-0.25, -0.2) is 4.98 Å². The molecule has 0 spiro atoms. The van der Waals surface area contributed by atoms with E-state index in [0.29, 0.717) is 11.7 Å². The van der Waals surface area contributed by atoms with E-state index >= 15 is 0 Å². The third kappa shape index (κ3) is 3.26. The van der Waals surface area contributed by atoms with Crippen molar-refractivity contribution in [3.05, 3.63) is 11.6 Å². The fraction of sp³-hybridized carbons (Fsp3) is 0.800. The number of H-pyrrole nitrogens is 1. The van der Waals surface area contributed by atoms with Gasteiger partial charge < -0.3 is 9.84 Å². The third-order valence-corrected chi connectivity index (χ3v) is 4.79. The number of rotatable bonds is 4. The number of aromatic nitrogens is 3. The van der Waals surface area contributed by atoms with Crippen LogP contribution < -0.4 is 0 Å². The highest BCUT2D eigenvalue weighted by Gasteiger charge is 2.34. The summed E-state index contributed by atoms with van der Waals surface area (Å²) in [5.41, 5.74) is 0. The summed E-state index contributed by atoms with van der Waals surface area (Å²) in [5, 5.41) is 16.8. The van der Waals surface area contributed by atoms with Gasteiger partial charge in [0.2, 0.25) is 0 Å². The molecule has 1 saturated carbocycles. The second-order valence-electron chi connectivity index (χ2n) is 6.18. The molecule has 2 heterocycles. The molecule has 6 heteroatoms. The molecule has 1 aliphatic carbocycles. The lowest BCUT2D eigenvalue weighted by Gasteiger charge is -2.25. The maximum absolute atomic E-state index is 11.7. The Bertz CT molecular complexity index is 476. The highest BCUT2D eigenvalue weighted by Crippen LogP contribution is 2.35. The van der Waals surface area contributed by atoms with Gasteiger partial charge in [-0.15, -0.1) is 0 Å². The highest BCUT2D eigenvalue weighted by molar-refractivity contribution is 5.75. The van der Waals surface area contributed by atoms with Crippen LogP contribution in [0.3, 0.4) is 0 Å². The smallest absolute Gasteiger partial charge is 0.314 e. The van der Waals surface area contributed by atoms with E-state index in [1.165, 1.54) is 6.42 Å². The Balaban J connectivity index is 1.76. The van der Waals surface area contributed by atoms with Crippen molar-refractivity contribution in [1.82, 2.24) is 15.2 Å². The van der Waals surface area contributed by atoms with Gasteiger partial charge in [-0.3, -0.25) is 9.89 Å². The predicted molar refractivity (Wildman–Crippen MR) is 76.1 cm³/mol. The molecule has 1 aliphatic heterocycles. The fourth-order valence-electron chi connectivity index (χ4n) is 3.57. The molecule has 1 aromatic rings. The molecular weight excluding hydrogens is 270 g/mol. The van der Waals surface area contributed by atoms with Crippen molar-refractivity contribution in [1.29, 1.82) is 0 Å². The number of hydrogen-bond acceptors (Lipinski definition) is 4. The van der Waals surface area contributed by atoms with E-state index < -0.39 is 11.9 Å². The van der Waals surface area contributed by atoms with Gasteiger partial charge in [0, 0.05) is 19.1 Å². The molecule has 0 aromatic carbocycles. The Hall–Kier alpha value is -1.43. The van der Waals surface area contributed by atoms with E-state index in [1.54, 1.807) is 0 Å². The molecule has 2 fully saturated rings. The normalized spacial score (nSPS) is 23.0. The zero-order valence-corrected chi connectivity index (χ0v) is 12.3. The van der Waals surface area contributed by atoms with Gasteiger partial charge in [-0.1, -0.05) is 19.3 Å². The fourth-order valence-corrected chi connectivity index (χ4v) is 3.57. The van der Waals surface area contributed by atoms with Crippen LogP contribution in [-0.4, -0.2) is 39.5 Å². The zero-order valence-electron chi connectivity index (χ0n) is 12.3. The number of carbonyl (C=O) groups is 1. The summed E-state index contributed by atoms with van der Waals surface area (Å²) in [4.78, 5) is 16.2. The van der Waals surface area contributed by atoms with Crippen LogP contribution in [0.2, 0.25) is 0 Å². The molecule has 21 heavy (non-hydrogen) atoms. The Labute approximate surface area is 124 Å². The molecule has 1 unspecified atom stereocenters. The van der Waals surface area contributed by atoms with Crippen molar-refractivity contribution < 1.29 is 14.6 Å². The largest absolute Gasteiger partial charge is 0.481 e.